The van der Waals surface area contributed by atoms with Gasteiger partial charge in [-0.2, -0.15) is 5.26 Å². The number of nitrogens with two attached hydrogens (primary N) is 1. The van der Waals surface area contributed by atoms with Crippen LogP contribution < -0.4 is 5.73 Å². The van der Waals surface area contributed by atoms with Gasteiger partial charge in [0.1, 0.15) is 17.5 Å². The van der Waals surface area contributed by atoms with E-state index < -0.39 is 4.92 Å². The first kappa shape index (κ1) is 15.5. The first-order chi connectivity index (χ1) is 12.6. The highest BCUT2D eigenvalue weighted by atomic mass is 16.6. The van der Waals surface area contributed by atoms with Crippen LogP contribution >= 0.6 is 0 Å². The van der Waals surface area contributed by atoms with E-state index in [9.17, 15) is 15.4 Å². The SMILES string of the molecule is N#Cc1c(N)nc2c(ccc3ccccc32)c1-c1cccc([N+](=O)[O-])c1. The van der Waals surface area contributed by atoms with Gasteiger partial charge in [-0.05, 0) is 10.9 Å². The van der Waals surface area contributed by atoms with Crippen molar-refractivity contribution in [1.29, 1.82) is 5.26 Å². The quantitative estimate of drug-likeness (QED) is 0.330. The van der Waals surface area contributed by atoms with Crippen molar-refractivity contribution >= 4 is 33.2 Å². The molecule has 0 saturated carbocycles. The standard InChI is InChI=1S/C20H12N4O2/c21-11-17-18(13-5-3-6-14(10-13)24(25)26)16-9-8-12-4-1-2-7-15(12)19(16)23-20(17)22/h1-10H,(H2,22,23). The zero-order valence-corrected chi connectivity index (χ0v) is 13.5. The van der Waals surface area contributed by atoms with Gasteiger partial charge in [-0.15, -0.1) is 0 Å². The summed E-state index contributed by atoms with van der Waals surface area (Å²) < 4.78 is 0. The Bertz CT molecular complexity index is 1240. The molecule has 3 aromatic carbocycles. The predicted molar refractivity (Wildman–Crippen MR) is 100 cm³/mol. The van der Waals surface area contributed by atoms with Crippen LogP contribution in [0.15, 0.2) is 60.7 Å². The molecule has 6 heteroatoms. The fourth-order valence-electron chi connectivity index (χ4n) is 3.20. The number of aromatic nitrogens is 1. The van der Waals surface area contributed by atoms with Gasteiger partial charge in [0.25, 0.3) is 5.69 Å². The molecule has 0 radical (unpaired) electrons. The Labute approximate surface area is 148 Å². The minimum atomic E-state index is -0.461. The number of hydrogen-bond acceptors (Lipinski definition) is 5. The molecular formula is C20H12N4O2. The van der Waals surface area contributed by atoms with E-state index in [-0.39, 0.29) is 17.1 Å². The van der Waals surface area contributed by atoms with Crippen molar-refractivity contribution in [3.8, 4) is 17.2 Å². The Morgan fingerprint density at radius 3 is 2.62 bits per heavy atom. The third kappa shape index (κ3) is 2.31. The number of pyridine rings is 1. The van der Waals surface area contributed by atoms with Crippen LogP contribution in [0.4, 0.5) is 11.5 Å². The maximum atomic E-state index is 11.1. The number of nitrogens with zero attached hydrogens (tertiary/aromatic N) is 3. The molecule has 0 amide bonds. The van der Waals surface area contributed by atoms with Crippen LogP contribution in [0.5, 0.6) is 0 Å². The monoisotopic (exact) mass is 340 g/mol. The summed E-state index contributed by atoms with van der Waals surface area (Å²) in [4.78, 5) is 15.1. The van der Waals surface area contributed by atoms with Crippen molar-refractivity contribution in [1.82, 2.24) is 4.98 Å². The number of fused-ring (bicyclic) bond motifs is 3. The van der Waals surface area contributed by atoms with E-state index >= 15 is 0 Å². The molecule has 26 heavy (non-hydrogen) atoms. The van der Waals surface area contributed by atoms with Crippen LogP contribution in [-0.4, -0.2) is 9.91 Å². The van der Waals surface area contributed by atoms with Gasteiger partial charge in [-0.1, -0.05) is 48.5 Å². The maximum absolute atomic E-state index is 11.1. The second kappa shape index (κ2) is 5.83. The van der Waals surface area contributed by atoms with Gasteiger partial charge >= 0.3 is 0 Å². The zero-order chi connectivity index (χ0) is 18.3. The summed E-state index contributed by atoms with van der Waals surface area (Å²) in [6.07, 6.45) is 0. The average Bonchev–Trinajstić information content (AvgIpc) is 2.67. The molecule has 1 heterocycles. The van der Waals surface area contributed by atoms with Crippen LogP contribution in [0, 0.1) is 21.4 Å². The molecule has 0 aliphatic heterocycles. The summed E-state index contributed by atoms with van der Waals surface area (Å²) in [7, 11) is 0. The topological polar surface area (TPSA) is 106 Å². The van der Waals surface area contributed by atoms with Crippen LogP contribution in [0.3, 0.4) is 0 Å². The largest absolute Gasteiger partial charge is 0.383 e. The van der Waals surface area contributed by atoms with Gasteiger partial charge < -0.3 is 5.73 Å². The van der Waals surface area contributed by atoms with Crippen LogP contribution in [0.1, 0.15) is 5.56 Å². The molecule has 0 saturated heterocycles. The van der Waals surface area contributed by atoms with Crippen LogP contribution in [0.25, 0.3) is 32.8 Å². The van der Waals surface area contributed by atoms with Crippen molar-refractivity contribution in [2.45, 2.75) is 0 Å². The molecule has 1 aromatic heterocycles. The number of rotatable bonds is 2. The fraction of sp³-hybridized carbons (Fsp3) is 0. The van der Waals surface area contributed by atoms with E-state index in [1.807, 2.05) is 36.4 Å². The van der Waals surface area contributed by atoms with Gasteiger partial charge in [0, 0.05) is 28.5 Å². The molecule has 124 valence electrons. The Kier molecular flexibility index (Phi) is 3.48. The van der Waals surface area contributed by atoms with Gasteiger partial charge in [-0.25, -0.2) is 4.98 Å². The number of nitro groups is 1. The Morgan fingerprint density at radius 1 is 1.04 bits per heavy atom. The van der Waals surface area contributed by atoms with Crippen LogP contribution in [0.2, 0.25) is 0 Å². The lowest BCUT2D eigenvalue weighted by Crippen LogP contribution is -2.00. The van der Waals surface area contributed by atoms with Gasteiger partial charge in [0.15, 0.2) is 0 Å². The zero-order valence-electron chi connectivity index (χ0n) is 13.5. The molecular weight excluding hydrogens is 328 g/mol. The number of benzene rings is 3. The predicted octanol–water partition coefficient (Wildman–Crippen LogP) is 4.42. The van der Waals surface area contributed by atoms with Crippen molar-refractivity contribution in [3.05, 3.63) is 76.3 Å². The number of nitro benzene ring substituents is 1. The normalized spacial score (nSPS) is 10.7. The summed E-state index contributed by atoms with van der Waals surface area (Å²) in [6, 6.07) is 19.9. The third-order valence-corrected chi connectivity index (χ3v) is 4.37. The van der Waals surface area contributed by atoms with E-state index in [2.05, 4.69) is 11.1 Å². The van der Waals surface area contributed by atoms with E-state index in [0.29, 0.717) is 16.6 Å². The van der Waals surface area contributed by atoms with Crippen molar-refractivity contribution in [2.24, 2.45) is 0 Å². The lowest BCUT2D eigenvalue weighted by atomic mass is 9.94. The Balaban J connectivity index is 2.17. The van der Waals surface area contributed by atoms with E-state index in [0.717, 1.165) is 16.2 Å². The summed E-state index contributed by atoms with van der Waals surface area (Å²) in [5.74, 6) is 0.109. The highest BCUT2D eigenvalue weighted by molar-refractivity contribution is 6.12. The average molecular weight is 340 g/mol. The second-order valence-corrected chi connectivity index (χ2v) is 5.85. The summed E-state index contributed by atoms with van der Waals surface area (Å²) in [6.45, 7) is 0. The Hall–Kier alpha value is -3.98. The molecule has 0 spiro atoms. The van der Waals surface area contributed by atoms with Gasteiger partial charge in [0.05, 0.1) is 10.4 Å². The number of nitriles is 1. The second-order valence-electron chi connectivity index (χ2n) is 5.85. The maximum Gasteiger partial charge on any atom is 0.270 e. The van der Waals surface area contributed by atoms with E-state index in [1.54, 1.807) is 12.1 Å². The summed E-state index contributed by atoms with van der Waals surface area (Å²) >= 11 is 0. The third-order valence-electron chi connectivity index (χ3n) is 4.37. The van der Waals surface area contributed by atoms with E-state index in [4.69, 9.17) is 5.73 Å². The number of nitrogen functional groups attached to an aromatic ring is 1. The molecule has 4 rings (SSSR count). The molecule has 0 aliphatic carbocycles. The molecule has 0 fully saturated rings. The molecule has 6 nitrogen and oxygen atoms in total. The lowest BCUT2D eigenvalue weighted by Gasteiger charge is -2.12. The Morgan fingerprint density at radius 2 is 1.85 bits per heavy atom. The molecule has 0 aliphatic rings. The van der Waals surface area contributed by atoms with Crippen molar-refractivity contribution < 1.29 is 4.92 Å². The highest BCUT2D eigenvalue weighted by Gasteiger charge is 2.18. The fourth-order valence-corrected chi connectivity index (χ4v) is 3.20. The number of hydrogen-bond donors (Lipinski definition) is 1. The molecule has 0 atom stereocenters. The summed E-state index contributed by atoms with van der Waals surface area (Å²) in [5.41, 5.74) is 8.01. The molecule has 2 N–H and O–H groups in total. The minimum Gasteiger partial charge on any atom is -0.383 e. The van der Waals surface area contributed by atoms with Gasteiger partial charge in [0.2, 0.25) is 0 Å². The smallest absolute Gasteiger partial charge is 0.270 e. The molecule has 0 bridgehead atoms. The minimum absolute atomic E-state index is 0.0456. The first-order valence-corrected chi connectivity index (χ1v) is 7.86. The van der Waals surface area contributed by atoms with Crippen molar-refractivity contribution in [2.75, 3.05) is 5.73 Å². The lowest BCUT2D eigenvalue weighted by molar-refractivity contribution is -0.384. The number of anilines is 1. The first-order valence-electron chi connectivity index (χ1n) is 7.86. The van der Waals surface area contributed by atoms with Gasteiger partial charge in [-0.3, -0.25) is 10.1 Å². The molecule has 4 aromatic rings. The number of non-ortho nitro benzene ring substituents is 1. The highest BCUT2D eigenvalue weighted by Crippen LogP contribution is 2.37. The summed E-state index contributed by atoms with van der Waals surface area (Å²) in [5, 5.41) is 23.4. The van der Waals surface area contributed by atoms with Crippen LogP contribution in [-0.2, 0) is 0 Å². The van der Waals surface area contributed by atoms with E-state index in [1.165, 1.54) is 12.1 Å². The molecule has 0 unspecified atom stereocenters. The van der Waals surface area contributed by atoms with Crippen molar-refractivity contribution in [3.63, 3.8) is 0 Å².